The molecule has 0 radical (unpaired) electrons. The molecule has 0 bridgehead atoms. The minimum Gasteiger partial charge on any atom is -0.485 e. The fourth-order valence-corrected chi connectivity index (χ4v) is 2.18. The van der Waals surface area contributed by atoms with E-state index in [1.165, 1.54) is 0 Å². The third-order valence-electron chi connectivity index (χ3n) is 2.67. The van der Waals surface area contributed by atoms with Gasteiger partial charge in [0, 0.05) is 6.20 Å². The number of esters is 1. The van der Waals surface area contributed by atoms with Gasteiger partial charge in [0.05, 0.1) is 4.47 Å². The molecule has 1 aromatic carbocycles. The van der Waals surface area contributed by atoms with Crippen molar-refractivity contribution >= 4 is 21.9 Å². The van der Waals surface area contributed by atoms with E-state index < -0.39 is 11.6 Å². The highest BCUT2D eigenvalue weighted by atomic mass is 79.9. The first-order chi connectivity index (χ1) is 10.4. The van der Waals surface area contributed by atoms with Gasteiger partial charge in [-0.05, 0) is 48.3 Å². The minimum atomic E-state index is -0.586. The minimum absolute atomic E-state index is 0.167. The predicted octanol–water partition coefficient (Wildman–Crippen LogP) is 4.38. The first kappa shape index (κ1) is 16.5. The third-order valence-corrected chi connectivity index (χ3v) is 3.30. The molecule has 0 unspecified atom stereocenters. The van der Waals surface area contributed by atoms with Crippen LogP contribution in [-0.2, 0) is 11.3 Å². The van der Waals surface area contributed by atoms with Crippen molar-refractivity contribution in [2.45, 2.75) is 33.0 Å². The van der Waals surface area contributed by atoms with Gasteiger partial charge in [0.15, 0.2) is 11.4 Å². The summed E-state index contributed by atoms with van der Waals surface area (Å²) in [6.07, 6.45) is 1.54. The van der Waals surface area contributed by atoms with Crippen molar-refractivity contribution in [3.63, 3.8) is 0 Å². The summed E-state index contributed by atoms with van der Waals surface area (Å²) in [6, 6.07) is 11.5. The van der Waals surface area contributed by atoms with Crippen LogP contribution in [-0.4, -0.2) is 16.6 Å². The zero-order valence-corrected chi connectivity index (χ0v) is 14.4. The van der Waals surface area contributed by atoms with Gasteiger partial charge in [-0.3, -0.25) is 0 Å². The maximum atomic E-state index is 12.3. The highest BCUT2D eigenvalue weighted by Crippen LogP contribution is 2.29. The Morgan fingerprint density at radius 2 is 1.86 bits per heavy atom. The van der Waals surface area contributed by atoms with E-state index in [4.69, 9.17) is 9.47 Å². The van der Waals surface area contributed by atoms with Crippen molar-refractivity contribution in [3.8, 4) is 5.75 Å². The molecule has 116 valence electrons. The van der Waals surface area contributed by atoms with Crippen LogP contribution in [0.25, 0.3) is 0 Å². The number of rotatable bonds is 4. The second kappa shape index (κ2) is 6.92. The van der Waals surface area contributed by atoms with Crippen molar-refractivity contribution in [3.05, 3.63) is 58.3 Å². The lowest BCUT2D eigenvalue weighted by molar-refractivity contribution is 0.00582. The fraction of sp³-hybridized carbons (Fsp3) is 0.294. The largest absolute Gasteiger partial charge is 0.485 e. The maximum Gasteiger partial charge on any atom is 0.361 e. The Kier molecular flexibility index (Phi) is 5.19. The summed E-state index contributed by atoms with van der Waals surface area (Å²) < 4.78 is 11.8. The van der Waals surface area contributed by atoms with Crippen LogP contribution in [0.4, 0.5) is 0 Å². The molecule has 0 aliphatic carbocycles. The molecule has 0 atom stereocenters. The molecule has 0 fully saturated rings. The normalized spacial score (nSPS) is 11.1. The van der Waals surface area contributed by atoms with Gasteiger partial charge in [0.2, 0.25) is 0 Å². The van der Waals surface area contributed by atoms with Gasteiger partial charge >= 0.3 is 5.97 Å². The Balaban J connectivity index is 2.21. The topological polar surface area (TPSA) is 48.4 Å². The van der Waals surface area contributed by atoms with E-state index in [0.717, 1.165) is 5.56 Å². The van der Waals surface area contributed by atoms with Crippen LogP contribution in [0.15, 0.2) is 47.1 Å². The first-order valence-electron chi connectivity index (χ1n) is 6.91. The van der Waals surface area contributed by atoms with Gasteiger partial charge in [-0.2, -0.15) is 0 Å². The molecule has 0 spiro atoms. The smallest absolute Gasteiger partial charge is 0.361 e. The molecule has 5 heteroatoms. The quantitative estimate of drug-likeness (QED) is 0.756. The van der Waals surface area contributed by atoms with Gasteiger partial charge in [0.1, 0.15) is 12.2 Å². The Morgan fingerprint density at radius 3 is 2.50 bits per heavy atom. The first-order valence-corrected chi connectivity index (χ1v) is 7.71. The molecule has 4 nitrogen and oxygen atoms in total. The van der Waals surface area contributed by atoms with E-state index in [-0.39, 0.29) is 5.69 Å². The monoisotopic (exact) mass is 363 g/mol. The van der Waals surface area contributed by atoms with Crippen LogP contribution < -0.4 is 4.74 Å². The predicted molar refractivity (Wildman–Crippen MR) is 87.9 cm³/mol. The highest BCUT2D eigenvalue weighted by molar-refractivity contribution is 9.10. The lowest BCUT2D eigenvalue weighted by atomic mass is 10.2. The molecule has 22 heavy (non-hydrogen) atoms. The van der Waals surface area contributed by atoms with Crippen LogP contribution in [0.1, 0.15) is 36.8 Å². The molecule has 0 saturated heterocycles. The number of benzene rings is 1. The van der Waals surface area contributed by atoms with E-state index in [2.05, 4.69) is 20.9 Å². The second-order valence-electron chi connectivity index (χ2n) is 5.75. The Morgan fingerprint density at radius 1 is 1.18 bits per heavy atom. The fourth-order valence-electron chi connectivity index (χ4n) is 1.76. The molecule has 0 N–H and O–H groups in total. The van der Waals surface area contributed by atoms with E-state index >= 15 is 0 Å². The molecule has 2 rings (SSSR count). The number of pyridine rings is 1. The molecule has 1 heterocycles. The summed E-state index contributed by atoms with van der Waals surface area (Å²) in [4.78, 5) is 16.4. The highest BCUT2D eigenvalue weighted by Gasteiger charge is 2.23. The van der Waals surface area contributed by atoms with Gasteiger partial charge < -0.3 is 9.47 Å². The summed E-state index contributed by atoms with van der Waals surface area (Å²) in [6.45, 7) is 5.79. The van der Waals surface area contributed by atoms with Gasteiger partial charge in [0.25, 0.3) is 0 Å². The number of carbonyl (C=O) groups excluding carboxylic acids is 1. The number of hydrogen-bond acceptors (Lipinski definition) is 4. The van der Waals surface area contributed by atoms with Gasteiger partial charge in [-0.15, -0.1) is 0 Å². The molecule has 1 aromatic heterocycles. The van der Waals surface area contributed by atoms with E-state index in [0.29, 0.717) is 16.8 Å². The molecule has 0 saturated carbocycles. The molecular formula is C17H18BrNO3. The van der Waals surface area contributed by atoms with Crippen molar-refractivity contribution in [1.29, 1.82) is 0 Å². The number of hydrogen-bond donors (Lipinski definition) is 0. The van der Waals surface area contributed by atoms with Crippen molar-refractivity contribution in [2.75, 3.05) is 0 Å². The van der Waals surface area contributed by atoms with E-state index in [1.807, 2.05) is 51.1 Å². The Labute approximate surface area is 138 Å². The molecule has 0 aliphatic rings. The second-order valence-corrected chi connectivity index (χ2v) is 6.60. The van der Waals surface area contributed by atoms with Crippen LogP contribution >= 0.6 is 15.9 Å². The van der Waals surface area contributed by atoms with Crippen LogP contribution in [0.3, 0.4) is 0 Å². The van der Waals surface area contributed by atoms with E-state index in [9.17, 15) is 4.79 Å². The summed E-state index contributed by atoms with van der Waals surface area (Å²) in [5.41, 5.74) is 0.589. The van der Waals surface area contributed by atoms with Gasteiger partial charge in [-0.1, -0.05) is 30.3 Å². The number of halogens is 1. The number of nitrogens with zero attached hydrogens (tertiary/aromatic N) is 1. The standard InChI is InChI=1S/C17H18BrNO3/c1-17(2,3)22-16(20)14-15(13(18)9-10-19-14)21-11-12-7-5-4-6-8-12/h4-10H,11H2,1-3H3. The molecule has 0 aliphatic heterocycles. The van der Waals surface area contributed by atoms with Crippen molar-refractivity contribution < 1.29 is 14.3 Å². The van der Waals surface area contributed by atoms with Crippen LogP contribution in [0, 0.1) is 0 Å². The Bertz CT molecular complexity index is 651. The SMILES string of the molecule is CC(C)(C)OC(=O)c1nccc(Br)c1OCc1ccccc1. The molecular weight excluding hydrogens is 346 g/mol. The molecule has 2 aromatic rings. The summed E-state index contributed by atoms with van der Waals surface area (Å²) in [5.74, 6) is -0.113. The number of aromatic nitrogens is 1. The summed E-state index contributed by atoms with van der Waals surface area (Å²) in [7, 11) is 0. The summed E-state index contributed by atoms with van der Waals surface area (Å²) >= 11 is 3.40. The van der Waals surface area contributed by atoms with Gasteiger partial charge in [-0.25, -0.2) is 9.78 Å². The number of ether oxygens (including phenoxy) is 2. The molecule has 0 amide bonds. The van der Waals surface area contributed by atoms with Crippen LogP contribution in [0.5, 0.6) is 5.75 Å². The maximum absolute atomic E-state index is 12.3. The Hall–Kier alpha value is -1.88. The zero-order valence-electron chi connectivity index (χ0n) is 12.8. The van der Waals surface area contributed by atoms with Crippen LogP contribution in [0.2, 0.25) is 0 Å². The van der Waals surface area contributed by atoms with E-state index in [1.54, 1.807) is 12.3 Å². The number of carbonyl (C=O) groups is 1. The lowest BCUT2D eigenvalue weighted by Crippen LogP contribution is -2.25. The third kappa shape index (κ3) is 4.56. The average Bonchev–Trinajstić information content (AvgIpc) is 2.45. The van der Waals surface area contributed by atoms with Crippen molar-refractivity contribution in [1.82, 2.24) is 4.98 Å². The zero-order chi connectivity index (χ0) is 16.2. The summed E-state index contributed by atoms with van der Waals surface area (Å²) in [5, 5.41) is 0. The average molecular weight is 364 g/mol. The van der Waals surface area contributed by atoms with Crippen molar-refractivity contribution in [2.24, 2.45) is 0 Å². The lowest BCUT2D eigenvalue weighted by Gasteiger charge is -2.20.